The second-order valence-corrected chi connectivity index (χ2v) is 8.11. The molecular weight excluding hydrogens is 374 g/mol. The van der Waals surface area contributed by atoms with Gasteiger partial charge < -0.3 is 18.9 Å². The molecule has 0 bridgehead atoms. The van der Waals surface area contributed by atoms with Gasteiger partial charge in [-0.1, -0.05) is 0 Å². The van der Waals surface area contributed by atoms with Crippen LogP contribution in [-0.4, -0.2) is 46.2 Å². The van der Waals surface area contributed by atoms with Crippen molar-refractivity contribution in [2.75, 3.05) is 20.2 Å². The Hall–Kier alpha value is -2.64. The smallest absolute Gasteiger partial charge is 0.254 e. The molecule has 1 amide bonds. The summed E-state index contributed by atoms with van der Waals surface area (Å²) in [5, 5.41) is 3.85. The number of carbonyl (C=O) groups is 1. The van der Waals surface area contributed by atoms with Crippen LogP contribution in [0.3, 0.4) is 0 Å². The summed E-state index contributed by atoms with van der Waals surface area (Å²) in [6.07, 6.45) is 2.74. The van der Waals surface area contributed by atoms with Crippen molar-refractivity contribution in [1.82, 2.24) is 14.5 Å². The number of nitrogens with zero attached hydrogens (tertiary/aromatic N) is 3. The lowest BCUT2D eigenvalue weighted by molar-refractivity contribution is -0.0804. The number of aromatic nitrogens is 2. The standard InChI is InChI=1S/C21H21N3O3S/c1-26-17-4-2-15(3-5-17)18-10-22-19-11-27-21(14-24(18)19)7-8-23(13-21)20(25)16-6-9-28-12-16/h2-6,9-10,12H,7-8,11,13-14H2,1H3. The van der Waals surface area contributed by atoms with Crippen molar-refractivity contribution >= 4 is 17.2 Å². The second-order valence-electron chi connectivity index (χ2n) is 7.33. The van der Waals surface area contributed by atoms with E-state index in [2.05, 4.69) is 9.55 Å². The van der Waals surface area contributed by atoms with Gasteiger partial charge in [0.1, 0.15) is 23.8 Å². The zero-order valence-corrected chi connectivity index (χ0v) is 16.4. The van der Waals surface area contributed by atoms with Gasteiger partial charge in [-0.25, -0.2) is 4.98 Å². The molecule has 144 valence electrons. The van der Waals surface area contributed by atoms with E-state index in [9.17, 15) is 4.79 Å². The number of imidazole rings is 1. The van der Waals surface area contributed by atoms with E-state index in [0.717, 1.165) is 41.4 Å². The highest BCUT2D eigenvalue weighted by Crippen LogP contribution is 2.36. The highest BCUT2D eigenvalue weighted by Gasteiger charge is 2.44. The molecule has 7 heteroatoms. The number of fused-ring (bicyclic) bond motifs is 1. The van der Waals surface area contributed by atoms with Crippen LogP contribution >= 0.6 is 11.3 Å². The molecule has 1 fully saturated rings. The lowest BCUT2D eigenvalue weighted by Gasteiger charge is -2.35. The van der Waals surface area contributed by atoms with Crippen molar-refractivity contribution < 1.29 is 14.3 Å². The predicted molar refractivity (Wildman–Crippen MR) is 107 cm³/mol. The minimum absolute atomic E-state index is 0.0912. The SMILES string of the molecule is COc1ccc(-c2cnc3n2CC2(CCN(C(=O)c4ccsc4)C2)OC3)cc1. The summed E-state index contributed by atoms with van der Waals surface area (Å²) in [6, 6.07) is 9.90. The van der Waals surface area contributed by atoms with Crippen molar-refractivity contribution in [2.24, 2.45) is 0 Å². The molecule has 0 radical (unpaired) electrons. The van der Waals surface area contributed by atoms with Crippen LogP contribution in [0, 0.1) is 0 Å². The number of rotatable bonds is 3. The lowest BCUT2D eigenvalue weighted by atomic mass is 10.0. The number of thiophene rings is 1. The Bertz CT molecular complexity index is 997. The van der Waals surface area contributed by atoms with Crippen LogP contribution in [0.25, 0.3) is 11.3 Å². The Morgan fingerprint density at radius 2 is 2.11 bits per heavy atom. The maximum absolute atomic E-state index is 12.7. The van der Waals surface area contributed by atoms with E-state index in [-0.39, 0.29) is 11.5 Å². The van der Waals surface area contributed by atoms with Crippen molar-refractivity contribution in [3.05, 3.63) is 58.7 Å². The average Bonchev–Trinajstić information content (AvgIpc) is 3.48. The molecule has 5 rings (SSSR count). The minimum Gasteiger partial charge on any atom is -0.497 e. The van der Waals surface area contributed by atoms with E-state index in [4.69, 9.17) is 9.47 Å². The van der Waals surface area contributed by atoms with Gasteiger partial charge in [-0.05, 0) is 42.1 Å². The van der Waals surface area contributed by atoms with Gasteiger partial charge >= 0.3 is 0 Å². The van der Waals surface area contributed by atoms with E-state index in [1.165, 1.54) is 0 Å². The number of likely N-dealkylation sites (tertiary alicyclic amines) is 1. The first kappa shape index (κ1) is 17.5. The van der Waals surface area contributed by atoms with Gasteiger partial charge in [0, 0.05) is 17.5 Å². The number of benzene rings is 1. The second kappa shape index (κ2) is 6.76. The average molecular weight is 395 g/mol. The first-order chi connectivity index (χ1) is 13.7. The monoisotopic (exact) mass is 395 g/mol. The van der Waals surface area contributed by atoms with Crippen LogP contribution in [0.4, 0.5) is 0 Å². The molecule has 2 aliphatic heterocycles. The molecule has 0 saturated carbocycles. The van der Waals surface area contributed by atoms with Crippen LogP contribution in [0.15, 0.2) is 47.3 Å². The van der Waals surface area contributed by atoms with Gasteiger partial charge in [0.15, 0.2) is 0 Å². The Labute approximate surface area is 167 Å². The summed E-state index contributed by atoms with van der Waals surface area (Å²) in [7, 11) is 1.67. The number of hydrogen-bond acceptors (Lipinski definition) is 5. The molecule has 1 saturated heterocycles. The van der Waals surface area contributed by atoms with E-state index in [1.54, 1.807) is 18.4 Å². The van der Waals surface area contributed by atoms with Crippen LogP contribution in [0.5, 0.6) is 5.75 Å². The normalized spacial score (nSPS) is 21.1. The quantitative estimate of drug-likeness (QED) is 0.682. The fraction of sp³-hybridized carbons (Fsp3) is 0.333. The number of methoxy groups -OCH3 is 1. The topological polar surface area (TPSA) is 56.6 Å². The van der Waals surface area contributed by atoms with E-state index in [0.29, 0.717) is 19.7 Å². The Morgan fingerprint density at radius 1 is 1.25 bits per heavy atom. The van der Waals surface area contributed by atoms with Crippen molar-refractivity contribution in [2.45, 2.75) is 25.2 Å². The molecule has 1 aromatic carbocycles. The van der Waals surface area contributed by atoms with Gasteiger partial charge in [-0.3, -0.25) is 4.79 Å². The van der Waals surface area contributed by atoms with Gasteiger partial charge in [-0.15, -0.1) is 0 Å². The first-order valence-corrected chi connectivity index (χ1v) is 10.3. The van der Waals surface area contributed by atoms with Crippen LogP contribution in [0.2, 0.25) is 0 Å². The minimum atomic E-state index is -0.347. The van der Waals surface area contributed by atoms with Crippen LogP contribution in [-0.2, 0) is 17.9 Å². The molecule has 28 heavy (non-hydrogen) atoms. The molecule has 6 nitrogen and oxygen atoms in total. The summed E-state index contributed by atoms with van der Waals surface area (Å²) in [5.41, 5.74) is 2.59. The third-order valence-corrected chi connectivity index (χ3v) is 6.33. The Kier molecular flexibility index (Phi) is 4.21. The zero-order valence-electron chi connectivity index (χ0n) is 15.6. The molecule has 2 aromatic heterocycles. The van der Waals surface area contributed by atoms with E-state index < -0.39 is 0 Å². The van der Waals surface area contributed by atoms with Crippen molar-refractivity contribution in [1.29, 1.82) is 0 Å². The largest absolute Gasteiger partial charge is 0.497 e. The van der Waals surface area contributed by atoms with Gasteiger partial charge in [0.25, 0.3) is 5.91 Å². The number of carbonyl (C=O) groups excluding carboxylic acids is 1. The number of hydrogen-bond donors (Lipinski definition) is 0. The molecule has 0 N–H and O–H groups in total. The Balaban J connectivity index is 1.39. The van der Waals surface area contributed by atoms with Gasteiger partial charge in [-0.2, -0.15) is 11.3 Å². The summed E-state index contributed by atoms with van der Waals surface area (Å²) in [4.78, 5) is 19.2. The maximum Gasteiger partial charge on any atom is 0.254 e. The maximum atomic E-state index is 12.7. The fourth-order valence-corrected chi connectivity index (χ4v) is 4.71. The molecule has 1 unspecified atom stereocenters. The zero-order chi connectivity index (χ0) is 19.1. The highest BCUT2D eigenvalue weighted by atomic mass is 32.1. The molecule has 1 atom stereocenters. The van der Waals surface area contributed by atoms with Crippen LogP contribution < -0.4 is 4.74 Å². The van der Waals surface area contributed by atoms with Gasteiger partial charge in [0.2, 0.25) is 0 Å². The summed E-state index contributed by atoms with van der Waals surface area (Å²) in [5.74, 6) is 1.85. The van der Waals surface area contributed by atoms with Crippen molar-refractivity contribution in [3.63, 3.8) is 0 Å². The first-order valence-electron chi connectivity index (χ1n) is 9.32. The number of ether oxygens (including phenoxy) is 2. The summed E-state index contributed by atoms with van der Waals surface area (Å²) < 4.78 is 13.7. The molecule has 4 heterocycles. The van der Waals surface area contributed by atoms with Crippen LogP contribution in [0.1, 0.15) is 22.6 Å². The molecule has 2 aliphatic rings. The molecule has 3 aromatic rings. The molecule has 1 spiro atoms. The van der Waals surface area contributed by atoms with Gasteiger partial charge in [0.05, 0.1) is 37.7 Å². The Morgan fingerprint density at radius 3 is 2.86 bits per heavy atom. The highest BCUT2D eigenvalue weighted by molar-refractivity contribution is 7.08. The van der Waals surface area contributed by atoms with E-state index >= 15 is 0 Å². The molecule has 0 aliphatic carbocycles. The summed E-state index contributed by atoms with van der Waals surface area (Å²) in [6.45, 7) is 2.51. The fourth-order valence-electron chi connectivity index (χ4n) is 4.08. The molecular formula is C21H21N3O3S. The third-order valence-electron chi connectivity index (χ3n) is 5.65. The summed E-state index contributed by atoms with van der Waals surface area (Å²) >= 11 is 1.55. The van der Waals surface area contributed by atoms with E-state index in [1.807, 2.05) is 52.2 Å². The predicted octanol–water partition coefficient (Wildman–Crippen LogP) is 3.44. The lowest BCUT2D eigenvalue weighted by Crippen LogP contribution is -2.45. The van der Waals surface area contributed by atoms with Crippen molar-refractivity contribution in [3.8, 4) is 17.0 Å². The third kappa shape index (κ3) is 2.91. The number of amides is 1.